The molecule has 9 nitrogen and oxygen atoms in total. The quantitative estimate of drug-likeness (QED) is 0.493. The minimum atomic E-state index is -1.14. The van der Waals surface area contributed by atoms with Crippen molar-refractivity contribution in [1.29, 1.82) is 0 Å². The van der Waals surface area contributed by atoms with Gasteiger partial charge in [-0.1, -0.05) is 62.4 Å². The highest BCUT2D eigenvalue weighted by Crippen LogP contribution is 2.44. The lowest BCUT2D eigenvalue weighted by Gasteiger charge is -2.18. The van der Waals surface area contributed by atoms with Gasteiger partial charge in [0, 0.05) is 19.2 Å². The molecule has 1 heterocycles. The van der Waals surface area contributed by atoms with Crippen LogP contribution in [0.3, 0.4) is 0 Å². The largest absolute Gasteiger partial charge is 0.480 e. The molecule has 1 aliphatic rings. The molecular formula is C25H26N4O5. The minimum absolute atomic E-state index is 0.00915. The molecule has 0 saturated heterocycles. The highest BCUT2D eigenvalue weighted by atomic mass is 16.5. The lowest BCUT2D eigenvalue weighted by molar-refractivity contribution is -0.140. The van der Waals surface area contributed by atoms with Gasteiger partial charge < -0.3 is 15.2 Å². The second-order valence-corrected chi connectivity index (χ2v) is 8.55. The number of nitrogens with one attached hydrogen (secondary N) is 2. The van der Waals surface area contributed by atoms with Crippen molar-refractivity contribution in [3.8, 4) is 11.1 Å². The van der Waals surface area contributed by atoms with Gasteiger partial charge in [0.1, 0.15) is 18.2 Å². The van der Waals surface area contributed by atoms with E-state index in [1.165, 1.54) is 10.9 Å². The van der Waals surface area contributed by atoms with E-state index in [1.54, 1.807) is 20.9 Å². The van der Waals surface area contributed by atoms with E-state index in [0.29, 0.717) is 0 Å². The Labute approximate surface area is 196 Å². The molecule has 0 aliphatic heterocycles. The van der Waals surface area contributed by atoms with Gasteiger partial charge in [0.05, 0.1) is 0 Å². The van der Waals surface area contributed by atoms with Gasteiger partial charge in [-0.15, -0.1) is 0 Å². The summed E-state index contributed by atoms with van der Waals surface area (Å²) in [6.45, 7) is 3.50. The fourth-order valence-corrected chi connectivity index (χ4v) is 4.21. The lowest BCUT2D eigenvalue weighted by Crippen LogP contribution is -2.44. The van der Waals surface area contributed by atoms with E-state index in [1.807, 2.05) is 36.4 Å². The first-order valence-corrected chi connectivity index (χ1v) is 11.0. The summed E-state index contributed by atoms with van der Waals surface area (Å²) in [6.07, 6.45) is 0.654. The van der Waals surface area contributed by atoms with Crippen LogP contribution in [0, 0.1) is 5.92 Å². The van der Waals surface area contributed by atoms with E-state index in [-0.39, 0.29) is 29.8 Å². The van der Waals surface area contributed by atoms with Crippen molar-refractivity contribution in [2.75, 3.05) is 11.9 Å². The van der Waals surface area contributed by atoms with Gasteiger partial charge in [-0.05, 0) is 28.2 Å². The molecule has 2 amide bonds. The van der Waals surface area contributed by atoms with Gasteiger partial charge in [-0.3, -0.25) is 14.8 Å². The fourth-order valence-electron chi connectivity index (χ4n) is 4.21. The van der Waals surface area contributed by atoms with E-state index in [4.69, 9.17) is 4.74 Å². The Bertz CT molecular complexity index is 1200. The summed E-state index contributed by atoms with van der Waals surface area (Å²) in [4.78, 5) is 36.7. The Morgan fingerprint density at radius 1 is 1.06 bits per heavy atom. The summed E-state index contributed by atoms with van der Waals surface area (Å²) >= 11 is 0. The van der Waals surface area contributed by atoms with Gasteiger partial charge in [-0.25, -0.2) is 9.59 Å². The molecule has 3 aromatic rings. The molecule has 1 aliphatic carbocycles. The van der Waals surface area contributed by atoms with Crippen LogP contribution in [0.4, 0.5) is 10.6 Å². The fraction of sp³-hybridized carbons (Fsp3) is 0.280. The van der Waals surface area contributed by atoms with Crippen molar-refractivity contribution in [3.63, 3.8) is 0 Å². The first-order chi connectivity index (χ1) is 16.3. The number of hydrogen-bond acceptors (Lipinski definition) is 5. The molecule has 0 radical (unpaired) electrons. The number of fused-ring (bicyclic) bond motifs is 3. The summed E-state index contributed by atoms with van der Waals surface area (Å²) in [5.74, 6) is -2.23. The molecule has 0 saturated carbocycles. The summed E-state index contributed by atoms with van der Waals surface area (Å²) in [5, 5.41) is 18.5. The maximum atomic E-state index is 12.7. The van der Waals surface area contributed by atoms with Crippen LogP contribution in [0.5, 0.6) is 0 Å². The molecule has 0 fully saturated rings. The predicted octanol–water partition coefficient (Wildman–Crippen LogP) is 3.62. The average Bonchev–Trinajstić information content (AvgIpc) is 3.33. The molecule has 34 heavy (non-hydrogen) atoms. The molecule has 176 valence electrons. The molecule has 3 N–H and O–H groups in total. The van der Waals surface area contributed by atoms with Crippen molar-refractivity contribution >= 4 is 23.8 Å². The number of ether oxygens (including phenoxy) is 1. The smallest absolute Gasteiger partial charge is 0.412 e. The number of amides is 2. The van der Waals surface area contributed by atoms with Gasteiger partial charge in [0.15, 0.2) is 5.82 Å². The Hall–Kier alpha value is -4.14. The van der Waals surface area contributed by atoms with E-state index < -0.39 is 24.0 Å². The maximum Gasteiger partial charge on any atom is 0.412 e. The van der Waals surface area contributed by atoms with Crippen LogP contribution in [0.25, 0.3) is 11.1 Å². The Morgan fingerprint density at radius 2 is 1.65 bits per heavy atom. The third-order valence-electron chi connectivity index (χ3n) is 5.86. The van der Waals surface area contributed by atoms with Crippen molar-refractivity contribution in [1.82, 2.24) is 15.1 Å². The zero-order valence-corrected chi connectivity index (χ0v) is 19.1. The second-order valence-electron chi connectivity index (χ2n) is 8.55. The highest BCUT2D eigenvalue weighted by Gasteiger charge is 2.30. The number of carbonyl (C=O) groups excluding carboxylic acids is 2. The molecule has 2 aromatic carbocycles. The average molecular weight is 463 g/mol. The minimum Gasteiger partial charge on any atom is -0.480 e. The van der Waals surface area contributed by atoms with Crippen LogP contribution in [0.1, 0.15) is 41.3 Å². The third-order valence-corrected chi connectivity index (χ3v) is 5.86. The number of hydrogen-bond donors (Lipinski definition) is 3. The van der Waals surface area contributed by atoms with Crippen molar-refractivity contribution in [2.24, 2.45) is 13.0 Å². The van der Waals surface area contributed by atoms with Crippen LogP contribution >= 0.6 is 0 Å². The molecule has 9 heteroatoms. The number of nitrogens with zero attached hydrogens (tertiary/aromatic N) is 2. The molecular weight excluding hydrogens is 436 g/mol. The summed E-state index contributed by atoms with van der Waals surface area (Å²) in [7, 11) is 1.59. The molecule has 0 bridgehead atoms. The Balaban J connectivity index is 1.46. The van der Waals surface area contributed by atoms with Crippen LogP contribution in [-0.4, -0.2) is 45.5 Å². The molecule has 1 aromatic heterocycles. The van der Waals surface area contributed by atoms with Gasteiger partial charge in [0.2, 0.25) is 0 Å². The molecule has 4 rings (SSSR count). The lowest BCUT2D eigenvalue weighted by atomic mass is 9.98. The summed E-state index contributed by atoms with van der Waals surface area (Å²) in [6, 6.07) is 14.9. The summed E-state index contributed by atoms with van der Waals surface area (Å²) < 4.78 is 6.88. The number of benzene rings is 2. The monoisotopic (exact) mass is 462 g/mol. The zero-order valence-electron chi connectivity index (χ0n) is 19.1. The maximum absolute atomic E-state index is 12.7. The number of aromatic nitrogens is 2. The topological polar surface area (TPSA) is 123 Å². The van der Waals surface area contributed by atoms with E-state index in [9.17, 15) is 19.5 Å². The van der Waals surface area contributed by atoms with Gasteiger partial charge in [0.25, 0.3) is 5.91 Å². The normalized spacial score (nSPS) is 13.2. The zero-order chi connectivity index (χ0) is 24.4. The molecule has 0 spiro atoms. The second kappa shape index (κ2) is 9.38. The van der Waals surface area contributed by atoms with Crippen molar-refractivity contribution in [3.05, 3.63) is 71.4 Å². The van der Waals surface area contributed by atoms with Gasteiger partial charge in [-0.2, -0.15) is 5.10 Å². The molecule has 1 atom stereocenters. The number of carboxylic acids is 1. The third kappa shape index (κ3) is 4.50. The number of aliphatic carboxylic acids is 1. The van der Waals surface area contributed by atoms with Crippen LogP contribution in [0.2, 0.25) is 0 Å². The predicted molar refractivity (Wildman–Crippen MR) is 126 cm³/mol. The number of aryl methyl sites for hydroxylation is 1. The van der Waals surface area contributed by atoms with E-state index in [2.05, 4.69) is 27.9 Å². The number of anilines is 1. The van der Waals surface area contributed by atoms with Crippen molar-refractivity contribution in [2.45, 2.75) is 25.8 Å². The number of rotatable bonds is 7. The first-order valence-electron chi connectivity index (χ1n) is 11.0. The Morgan fingerprint density at radius 3 is 2.21 bits per heavy atom. The highest BCUT2D eigenvalue weighted by molar-refractivity contribution is 6.02. The van der Waals surface area contributed by atoms with Gasteiger partial charge >= 0.3 is 12.1 Å². The van der Waals surface area contributed by atoms with Crippen LogP contribution in [0.15, 0.2) is 54.7 Å². The van der Waals surface area contributed by atoms with Crippen LogP contribution < -0.4 is 10.6 Å². The standard InChI is InChI=1S/C25H26N4O5/c1-14(2)21(24(31)32)26-23(30)19-12-29(3)28-22(19)27-25(33)34-13-20-17-10-6-4-8-15(17)16-9-5-7-11-18(16)20/h4-12,14,20-21H,13H2,1-3H3,(H,26,30)(H,31,32)(H,27,28,33). The summed E-state index contributed by atoms with van der Waals surface area (Å²) in [5.41, 5.74) is 4.45. The van der Waals surface area contributed by atoms with E-state index in [0.717, 1.165) is 22.3 Å². The Kier molecular flexibility index (Phi) is 6.36. The van der Waals surface area contributed by atoms with Crippen molar-refractivity contribution < 1.29 is 24.2 Å². The number of carbonyl (C=O) groups is 3. The molecule has 1 unspecified atom stereocenters. The van der Waals surface area contributed by atoms with E-state index >= 15 is 0 Å². The first kappa shape index (κ1) is 23.0. The van der Waals surface area contributed by atoms with Crippen LogP contribution in [-0.2, 0) is 16.6 Å². The number of carboxylic acid groups (broad SMARTS) is 1. The SMILES string of the molecule is CC(C)C(NC(=O)c1cn(C)nc1NC(=O)OCC1c2ccccc2-c2ccccc21)C(=O)O.